The first kappa shape index (κ1) is 14.2. The highest BCUT2D eigenvalue weighted by Crippen LogP contribution is 2.26. The monoisotopic (exact) mass is 300 g/mol. The molecule has 0 aliphatic heterocycles. The predicted molar refractivity (Wildman–Crippen MR) is 76.4 cm³/mol. The van der Waals surface area contributed by atoms with Gasteiger partial charge in [0.2, 0.25) is 0 Å². The number of benzene rings is 1. The molecule has 2 rings (SSSR count). The molecule has 0 fully saturated rings. The number of carboxylic acid groups (broad SMARTS) is 1. The third-order valence-corrected chi connectivity index (χ3v) is 4.09. The van der Waals surface area contributed by atoms with Crippen molar-refractivity contribution in [1.29, 1.82) is 0 Å². The minimum absolute atomic E-state index is 0.0792. The van der Waals surface area contributed by atoms with Crippen molar-refractivity contribution in [2.75, 3.05) is 17.8 Å². The minimum atomic E-state index is -0.908. The Bertz CT molecular complexity index is 601. The van der Waals surface area contributed by atoms with Gasteiger partial charge in [-0.2, -0.15) is 11.8 Å². The zero-order valence-corrected chi connectivity index (χ0v) is 11.9. The fourth-order valence-corrected chi connectivity index (χ4v) is 2.85. The number of imidazole rings is 1. The molecule has 19 heavy (non-hydrogen) atoms. The molecule has 0 aliphatic carbocycles. The summed E-state index contributed by atoms with van der Waals surface area (Å²) in [6.45, 7) is 0.684. The maximum Gasteiger partial charge on any atom is 0.313 e. The number of halogens is 1. The van der Waals surface area contributed by atoms with Crippen LogP contribution in [0.1, 0.15) is 0 Å². The lowest BCUT2D eigenvalue weighted by Gasteiger charge is -2.06. The lowest BCUT2D eigenvalue weighted by Crippen LogP contribution is -2.04. The van der Waals surface area contributed by atoms with Crippen LogP contribution in [0.15, 0.2) is 23.4 Å². The minimum Gasteiger partial charge on any atom is -0.481 e. The Balaban J connectivity index is 2.41. The highest BCUT2D eigenvalue weighted by Gasteiger charge is 2.14. The summed E-state index contributed by atoms with van der Waals surface area (Å²) in [5.74, 6) is -0.501. The van der Waals surface area contributed by atoms with E-state index in [4.69, 9.17) is 5.11 Å². The van der Waals surface area contributed by atoms with Crippen LogP contribution in [0.4, 0.5) is 4.39 Å². The third-order valence-electron chi connectivity index (χ3n) is 2.54. The molecule has 1 N–H and O–H groups in total. The molecule has 0 radical (unpaired) electrons. The van der Waals surface area contributed by atoms with Gasteiger partial charge in [-0.05, 0) is 18.4 Å². The van der Waals surface area contributed by atoms with Crippen LogP contribution >= 0.6 is 23.5 Å². The summed E-state index contributed by atoms with van der Waals surface area (Å²) >= 11 is 2.79. The van der Waals surface area contributed by atoms with Crippen molar-refractivity contribution in [3.63, 3.8) is 0 Å². The highest BCUT2D eigenvalue weighted by molar-refractivity contribution is 7.99. The SMILES string of the molecule is CSCCn1c(SCC(=O)O)nc2c(F)cccc21. The van der Waals surface area contributed by atoms with Crippen LogP contribution in [-0.4, -0.2) is 38.4 Å². The number of aryl methyl sites for hydroxylation is 1. The molecule has 4 nitrogen and oxygen atoms in total. The topological polar surface area (TPSA) is 55.1 Å². The second-order valence-corrected chi connectivity index (χ2v) is 5.76. The zero-order chi connectivity index (χ0) is 13.8. The number of aromatic nitrogens is 2. The Kier molecular flexibility index (Phi) is 4.71. The van der Waals surface area contributed by atoms with E-state index in [9.17, 15) is 9.18 Å². The van der Waals surface area contributed by atoms with E-state index in [0.29, 0.717) is 22.7 Å². The normalized spacial score (nSPS) is 11.1. The van der Waals surface area contributed by atoms with Crippen LogP contribution in [0.2, 0.25) is 0 Å². The van der Waals surface area contributed by atoms with Crippen LogP contribution < -0.4 is 0 Å². The van der Waals surface area contributed by atoms with E-state index in [-0.39, 0.29) is 11.6 Å². The first-order chi connectivity index (χ1) is 9.13. The van der Waals surface area contributed by atoms with Gasteiger partial charge in [0, 0.05) is 12.3 Å². The number of aliphatic carboxylic acids is 1. The number of para-hydroxylation sites is 1. The van der Waals surface area contributed by atoms with Gasteiger partial charge in [-0.1, -0.05) is 17.8 Å². The molecule has 0 amide bonds. The van der Waals surface area contributed by atoms with Gasteiger partial charge in [-0.15, -0.1) is 0 Å². The van der Waals surface area contributed by atoms with Gasteiger partial charge in [-0.25, -0.2) is 9.37 Å². The fraction of sp³-hybridized carbons (Fsp3) is 0.333. The zero-order valence-electron chi connectivity index (χ0n) is 10.3. The van der Waals surface area contributed by atoms with Crippen molar-refractivity contribution < 1.29 is 14.3 Å². The van der Waals surface area contributed by atoms with E-state index in [2.05, 4.69) is 4.98 Å². The summed E-state index contributed by atoms with van der Waals surface area (Å²) in [5.41, 5.74) is 1.01. The standard InChI is InChI=1S/C12H13FN2O2S2/c1-18-6-5-15-9-4-2-3-8(13)11(9)14-12(15)19-7-10(16)17/h2-4H,5-7H2,1H3,(H,16,17). The molecule has 1 aromatic carbocycles. The molecule has 102 valence electrons. The first-order valence-corrected chi connectivity index (χ1v) is 7.99. The summed E-state index contributed by atoms with van der Waals surface area (Å²) in [6, 6.07) is 4.80. The van der Waals surface area contributed by atoms with E-state index in [1.54, 1.807) is 23.9 Å². The predicted octanol–water partition coefficient (Wildman–Crippen LogP) is 2.72. The molecular formula is C12H13FN2O2S2. The summed E-state index contributed by atoms with van der Waals surface area (Å²) in [7, 11) is 0. The molecular weight excluding hydrogens is 287 g/mol. The van der Waals surface area contributed by atoms with E-state index in [1.165, 1.54) is 6.07 Å². The molecule has 0 unspecified atom stereocenters. The maximum absolute atomic E-state index is 13.7. The number of carboxylic acids is 1. The summed E-state index contributed by atoms with van der Waals surface area (Å²) in [6.07, 6.45) is 1.99. The smallest absolute Gasteiger partial charge is 0.313 e. The number of carbonyl (C=O) groups is 1. The Hall–Kier alpha value is -1.21. The number of rotatable bonds is 6. The summed E-state index contributed by atoms with van der Waals surface area (Å²) in [5, 5.41) is 9.29. The van der Waals surface area contributed by atoms with Gasteiger partial charge in [0.05, 0.1) is 11.3 Å². The lowest BCUT2D eigenvalue weighted by atomic mass is 10.3. The first-order valence-electron chi connectivity index (χ1n) is 5.61. The van der Waals surface area contributed by atoms with E-state index >= 15 is 0 Å². The molecule has 1 heterocycles. The molecule has 0 atom stereocenters. The third kappa shape index (κ3) is 3.22. The molecule has 0 bridgehead atoms. The van der Waals surface area contributed by atoms with E-state index in [1.807, 2.05) is 10.8 Å². The van der Waals surface area contributed by atoms with E-state index in [0.717, 1.165) is 17.5 Å². The van der Waals surface area contributed by atoms with Gasteiger partial charge >= 0.3 is 5.97 Å². The molecule has 0 aliphatic rings. The van der Waals surface area contributed by atoms with E-state index < -0.39 is 5.97 Å². The Morgan fingerprint density at radius 1 is 1.53 bits per heavy atom. The number of nitrogens with zero attached hydrogens (tertiary/aromatic N) is 2. The Labute approximate surface area is 118 Å². The molecule has 0 saturated heterocycles. The second-order valence-electron chi connectivity index (χ2n) is 3.83. The van der Waals surface area contributed by atoms with Gasteiger partial charge in [0.15, 0.2) is 11.0 Å². The highest BCUT2D eigenvalue weighted by atomic mass is 32.2. The van der Waals surface area contributed by atoms with Crippen LogP contribution in [-0.2, 0) is 11.3 Å². The van der Waals surface area contributed by atoms with Crippen LogP contribution in [0.5, 0.6) is 0 Å². The largest absolute Gasteiger partial charge is 0.481 e. The number of hydrogen-bond donors (Lipinski definition) is 1. The van der Waals surface area contributed by atoms with Crippen molar-refractivity contribution in [3.05, 3.63) is 24.0 Å². The molecule has 7 heteroatoms. The average Bonchev–Trinajstić information content (AvgIpc) is 2.73. The van der Waals surface area contributed by atoms with Gasteiger partial charge in [0.1, 0.15) is 5.52 Å². The molecule has 2 aromatic rings. The van der Waals surface area contributed by atoms with Crippen molar-refractivity contribution in [3.8, 4) is 0 Å². The Morgan fingerprint density at radius 2 is 2.32 bits per heavy atom. The van der Waals surface area contributed by atoms with Crippen LogP contribution in [0.3, 0.4) is 0 Å². The van der Waals surface area contributed by atoms with Crippen LogP contribution in [0, 0.1) is 5.82 Å². The number of fused-ring (bicyclic) bond motifs is 1. The Morgan fingerprint density at radius 3 is 3.00 bits per heavy atom. The molecule has 0 saturated carbocycles. The van der Waals surface area contributed by atoms with Gasteiger partial charge < -0.3 is 9.67 Å². The number of hydrogen-bond acceptors (Lipinski definition) is 4. The van der Waals surface area contributed by atoms with Crippen molar-refractivity contribution in [1.82, 2.24) is 9.55 Å². The molecule has 1 aromatic heterocycles. The number of thioether (sulfide) groups is 2. The van der Waals surface area contributed by atoms with Crippen LogP contribution in [0.25, 0.3) is 11.0 Å². The summed E-state index contributed by atoms with van der Waals surface area (Å²) < 4.78 is 15.6. The fourth-order valence-electron chi connectivity index (χ4n) is 1.73. The van der Waals surface area contributed by atoms with Crippen molar-refractivity contribution in [2.24, 2.45) is 0 Å². The van der Waals surface area contributed by atoms with Crippen molar-refractivity contribution in [2.45, 2.75) is 11.7 Å². The quantitative estimate of drug-likeness (QED) is 0.831. The maximum atomic E-state index is 13.7. The van der Waals surface area contributed by atoms with Gasteiger partial charge in [-0.3, -0.25) is 4.79 Å². The van der Waals surface area contributed by atoms with Gasteiger partial charge in [0.25, 0.3) is 0 Å². The second kappa shape index (κ2) is 6.29. The lowest BCUT2D eigenvalue weighted by molar-refractivity contribution is -0.133. The summed E-state index contributed by atoms with van der Waals surface area (Å²) in [4.78, 5) is 14.9. The van der Waals surface area contributed by atoms with Crippen molar-refractivity contribution >= 4 is 40.5 Å². The molecule has 0 spiro atoms. The average molecular weight is 300 g/mol.